The maximum absolute atomic E-state index is 6.19. The Bertz CT molecular complexity index is 1020. The Morgan fingerprint density at radius 1 is 1.20 bits per heavy atom. The van der Waals surface area contributed by atoms with Gasteiger partial charge in [0.2, 0.25) is 0 Å². The van der Waals surface area contributed by atoms with E-state index in [1.165, 1.54) is 16.2 Å². The van der Waals surface area contributed by atoms with E-state index in [0.29, 0.717) is 17.6 Å². The number of rotatable bonds is 4. The molecule has 0 bridgehead atoms. The summed E-state index contributed by atoms with van der Waals surface area (Å²) in [5, 5.41) is 3.72. The van der Waals surface area contributed by atoms with Gasteiger partial charge in [-0.25, -0.2) is 15.0 Å². The summed E-state index contributed by atoms with van der Waals surface area (Å²) in [4.78, 5) is 20.2. The van der Waals surface area contributed by atoms with E-state index >= 15 is 0 Å². The molecule has 4 rings (SSSR count). The topological polar surface area (TPSA) is 77.6 Å². The van der Waals surface area contributed by atoms with Crippen molar-refractivity contribution >= 4 is 38.7 Å². The molecule has 5 nitrogen and oxygen atoms in total. The minimum absolute atomic E-state index is 0.346. The molecule has 1 atom stereocenters. The van der Waals surface area contributed by atoms with Gasteiger partial charge >= 0.3 is 0 Å². The van der Waals surface area contributed by atoms with Crippen molar-refractivity contribution in [3.63, 3.8) is 0 Å². The summed E-state index contributed by atoms with van der Waals surface area (Å²) in [7, 11) is 0. The second-order valence-corrected chi connectivity index (χ2v) is 7.94. The van der Waals surface area contributed by atoms with Crippen LogP contribution in [0, 0.1) is 6.92 Å². The monoisotopic (exact) mass is 367 g/mol. The van der Waals surface area contributed by atoms with Crippen molar-refractivity contribution in [2.45, 2.75) is 26.2 Å². The molecule has 0 amide bonds. The second-order valence-electron chi connectivity index (χ2n) is 6.02. The first-order valence-corrected chi connectivity index (χ1v) is 9.69. The Labute approximate surface area is 153 Å². The van der Waals surface area contributed by atoms with E-state index in [4.69, 9.17) is 5.73 Å². The highest BCUT2D eigenvalue weighted by atomic mass is 32.1. The van der Waals surface area contributed by atoms with Gasteiger partial charge < -0.3 is 5.73 Å². The highest BCUT2D eigenvalue weighted by Crippen LogP contribution is 2.35. The number of nitrogen functional groups attached to an aromatic ring is 1. The lowest BCUT2D eigenvalue weighted by Gasteiger charge is -2.07. The van der Waals surface area contributed by atoms with Gasteiger partial charge in [0.25, 0.3) is 0 Å². The molecule has 0 aliphatic heterocycles. The number of aromatic nitrogens is 4. The lowest BCUT2D eigenvalue weighted by atomic mass is 10.0. The van der Waals surface area contributed by atoms with Crippen LogP contribution < -0.4 is 5.73 Å². The van der Waals surface area contributed by atoms with Gasteiger partial charge in [-0.05, 0) is 37.5 Å². The van der Waals surface area contributed by atoms with Gasteiger partial charge in [-0.15, -0.1) is 22.7 Å². The Balaban J connectivity index is 1.69. The fraction of sp³-hybridized carbons (Fsp3) is 0.222. The summed E-state index contributed by atoms with van der Waals surface area (Å²) >= 11 is 3.21. The van der Waals surface area contributed by atoms with Crippen LogP contribution in [0.15, 0.2) is 35.8 Å². The molecule has 25 heavy (non-hydrogen) atoms. The fourth-order valence-corrected chi connectivity index (χ4v) is 4.51. The van der Waals surface area contributed by atoms with E-state index in [0.717, 1.165) is 33.0 Å². The molecule has 4 aromatic rings. The first-order chi connectivity index (χ1) is 12.1. The predicted octanol–water partition coefficient (Wildman–Crippen LogP) is 4.45. The molecule has 0 aliphatic carbocycles. The maximum atomic E-state index is 6.19. The van der Waals surface area contributed by atoms with Crippen LogP contribution >= 0.6 is 22.7 Å². The zero-order chi connectivity index (χ0) is 17.4. The number of hydrogen-bond acceptors (Lipinski definition) is 7. The third kappa shape index (κ3) is 3.25. The van der Waals surface area contributed by atoms with E-state index < -0.39 is 0 Å². The normalized spacial score (nSPS) is 12.6. The number of fused-ring (bicyclic) bond motifs is 1. The van der Waals surface area contributed by atoms with Crippen molar-refractivity contribution in [1.29, 1.82) is 0 Å². The van der Waals surface area contributed by atoms with Crippen molar-refractivity contribution in [2.75, 3.05) is 5.73 Å². The molecule has 126 valence electrons. The van der Waals surface area contributed by atoms with Gasteiger partial charge in [0.1, 0.15) is 10.6 Å². The smallest absolute Gasteiger partial charge is 0.192 e. The molecule has 0 aromatic carbocycles. The summed E-state index contributed by atoms with van der Waals surface area (Å²) in [6, 6.07) is 8.12. The van der Waals surface area contributed by atoms with Crippen LogP contribution in [0.25, 0.3) is 21.0 Å². The van der Waals surface area contributed by atoms with Gasteiger partial charge in [0, 0.05) is 27.8 Å². The number of aryl methyl sites for hydroxylation is 1. The highest BCUT2D eigenvalue weighted by Gasteiger charge is 2.16. The van der Waals surface area contributed by atoms with Gasteiger partial charge in [-0.1, -0.05) is 13.0 Å². The summed E-state index contributed by atoms with van der Waals surface area (Å²) in [5.74, 6) is 1.47. The zero-order valence-corrected chi connectivity index (χ0v) is 15.6. The van der Waals surface area contributed by atoms with Crippen LogP contribution in [0.5, 0.6) is 0 Å². The quantitative estimate of drug-likeness (QED) is 0.577. The number of pyridine rings is 1. The molecule has 4 heterocycles. The van der Waals surface area contributed by atoms with Crippen molar-refractivity contribution < 1.29 is 0 Å². The standard InChI is InChI=1S/C18H17N5S2/c1-10(7-12-5-3-4-6-20-12)14-8-13-15(19)22-16(23-17(13)25-14)18-21-11(2)9-24-18/h3-6,8-10H,7H2,1-2H3,(H2,19,22,23). The van der Waals surface area contributed by atoms with Crippen LogP contribution in [0.4, 0.5) is 5.82 Å². The third-order valence-electron chi connectivity index (χ3n) is 3.98. The van der Waals surface area contributed by atoms with E-state index in [-0.39, 0.29) is 0 Å². The van der Waals surface area contributed by atoms with E-state index in [2.05, 4.69) is 39.0 Å². The summed E-state index contributed by atoms with van der Waals surface area (Å²) < 4.78 is 0. The molecule has 0 saturated heterocycles. The minimum atomic E-state index is 0.346. The van der Waals surface area contributed by atoms with E-state index in [9.17, 15) is 0 Å². The average Bonchev–Trinajstić information content (AvgIpc) is 3.22. The number of thiazole rings is 1. The van der Waals surface area contributed by atoms with Gasteiger partial charge in [-0.3, -0.25) is 4.98 Å². The molecule has 7 heteroatoms. The Kier molecular flexibility index (Phi) is 4.19. The van der Waals surface area contributed by atoms with Crippen LogP contribution in [-0.2, 0) is 6.42 Å². The van der Waals surface area contributed by atoms with Crippen LogP contribution in [0.1, 0.15) is 29.1 Å². The first-order valence-electron chi connectivity index (χ1n) is 7.99. The van der Waals surface area contributed by atoms with Crippen molar-refractivity contribution in [3.05, 3.63) is 52.1 Å². The average molecular weight is 368 g/mol. The van der Waals surface area contributed by atoms with Crippen molar-refractivity contribution in [3.8, 4) is 10.8 Å². The zero-order valence-electron chi connectivity index (χ0n) is 13.9. The predicted molar refractivity (Wildman–Crippen MR) is 104 cm³/mol. The van der Waals surface area contributed by atoms with Crippen molar-refractivity contribution in [1.82, 2.24) is 19.9 Å². The summed E-state index contributed by atoms with van der Waals surface area (Å²) in [6.45, 7) is 4.17. The van der Waals surface area contributed by atoms with Gasteiger partial charge in [0.05, 0.1) is 5.39 Å². The first kappa shape index (κ1) is 16.1. The Morgan fingerprint density at radius 3 is 2.80 bits per heavy atom. The number of hydrogen-bond donors (Lipinski definition) is 1. The largest absolute Gasteiger partial charge is 0.383 e. The SMILES string of the molecule is Cc1csc(-c2nc(N)c3cc(C(C)Cc4ccccn4)sc3n2)n1. The van der Waals surface area contributed by atoms with Crippen LogP contribution in [0.2, 0.25) is 0 Å². The van der Waals surface area contributed by atoms with Gasteiger partial charge in [0.15, 0.2) is 10.8 Å². The Hall–Kier alpha value is -2.38. The lowest BCUT2D eigenvalue weighted by molar-refractivity contribution is 0.755. The molecule has 0 saturated carbocycles. The molecule has 0 spiro atoms. The molecular formula is C18H17N5S2. The van der Waals surface area contributed by atoms with Gasteiger partial charge in [-0.2, -0.15) is 0 Å². The maximum Gasteiger partial charge on any atom is 0.192 e. The molecule has 0 fully saturated rings. The number of thiophene rings is 1. The molecule has 2 N–H and O–H groups in total. The lowest BCUT2D eigenvalue weighted by Crippen LogP contribution is -1.98. The van der Waals surface area contributed by atoms with E-state index in [1.54, 1.807) is 11.3 Å². The fourth-order valence-electron chi connectivity index (χ4n) is 2.69. The molecule has 1 unspecified atom stereocenters. The third-order valence-corrected chi connectivity index (χ3v) is 6.20. The number of anilines is 1. The molecular weight excluding hydrogens is 350 g/mol. The van der Waals surface area contributed by atoms with Crippen LogP contribution in [0.3, 0.4) is 0 Å². The number of nitrogens with two attached hydrogens (primary N) is 1. The summed E-state index contributed by atoms with van der Waals surface area (Å²) in [6.07, 6.45) is 2.72. The number of nitrogens with zero attached hydrogens (tertiary/aromatic N) is 4. The van der Waals surface area contributed by atoms with E-state index in [1.807, 2.05) is 30.6 Å². The van der Waals surface area contributed by atoms with Crippen LogP contribution in [-0.4, -0.2) is 19.9 Å². The Morgan fingerprint density at radius 2 is 2.08 bits per heavy atom. The molecule has 4 aromatic heterocycles. The molecule has 0 radical (unpaired) electrons. The molecule has 0 aliphatic rings. The highest BCUT2D eigenvalue weighted by molar-refractivity contribution is 7.18. The minimum Gasteiger partial charge on any atom is -0.383 e. The summed E-state index contributed by atoms with van der Waals surface area (Å²) in [5.41, 5.74) is 8.25. The second kappa shape index (κ2) is 6.50. The van der Waals surface area contributed by atoms with Crippen molar-refractivity contribution in [2.24, 2.45) is 0 Å².